The molecule has 2 atom stereocenters. The maximum absolute atomic E-state index is 5.66. The predicted octanol–water partition coefficient (Wildman–Crippen LogP) is 0.781. The molecule has 2 aliphatic rings. The Hall–Kier alpha value is -0.710. The van der Waals surface area contributed by atoms with Gasteiger partial charge in [-0.3, -0.25) is 4.90 Å². The van der Waals surface area contributed by atoms with Gasteiger partial charge in [-0.15, -0.1) is 0 Å². The van der Waals surface area contributed by atoms with Gasteiger partial charge in [0.1, 0.15) is 0 Å². The molecule has 2 fully saturated rings. The van der Waals surface area contributed by atoms with Crippen molar-refractivity contribution in [2.24, 2.45) is 11.8 Å². The van der Waals surface area contributed by atoms with E-state index in [2.05, 4.69) is 20.2 Å². The van der Waals surface area contributed by atoms with Gasteiger partial charge in [-0.2, -0.15) is 0 Å². The molecule has 0 saturated carbocycles. The molecule has 0 radical (unpaired) electrons. The molecule has 2 saturated heterocycles. The molecule has 16 heavy (non-hydrogen) atoms. The van der Waals surface area contributed by atoms with Crippen molar-refractivity contribution in [2.75, 3.05) is 26.2 Å². The number of fused-ring (bicyclic) bond motifs is 1. The van der Waals surface area contributed by atoms with Gasteiger partial charge in [0.2, 0.25) is 5.28 Å². The Balaban J connectivity index is 1.62. The van der Waals surface area contributed by atoms with Gasteiger partial charge >= 0.3 is 0 Å². The molecule has 4 nitrogen and oxygen atoms in total. The first-order valence-electron chi connectivity index (χ1n) is 5.71. The highest BCUT2D eigenvalue weighted by Crippen LogP contribution is 2.27. The van der Waals surface area contributed by atoms with Crippen LogP contribution >= 0.6 is 11.6 Å². The van der Waals surface area contributed by atoms with E-state index in [0.717, 1.165) is 23.9 Å². The predicted molar refractivity (Wildman–Crippen MR) is 62.2 cm³/mol. The van der Waals surface area contributed by atoms with Crippen LogP contribution in [-0.2, 0) is 6.54 Å². The second-order valence-electron chi connectivity index (χ2n) is 4.73. The number of nitrogens with one attached hydrogen (secondary N) is 1. The fourth-order valence-electron chi connectivity index (χ4n) is 2.76. The summed E-state index contributed by atoms with van der Waals surface area (Å²) in [5.74, 6) is 1.68. The lowest BCUT2D eigenvalue weighted by molar-refractivity contribution is 0.305. The van der Waals surface area contributed by atoms with E-state index in [1.165, 1.54) is 26.2 Å². The Kier molecular flexibility index (Phi) is 2.79. The molecule has 3 rings (SSSR count). The van der Waals surface area contributed by atoms with Gasteiger partial charge in [0.15, 0.2) is 0 Å². The molecule has 86 valence electrons. The minimum Gasteiger partial charge on any atom is -0.316 e. The topological polar surface area (TPSA) is 41.1 Å². The van der Waals surface area contributed by atoms with Crippen LogP contribution in [0.5, 0.6) is 0 Å². The van der Waals surface area contributed by atoms with Crippen molar-refractivity contribution in [3.8, 4) is 0 Å². The molecular formula is C11H15ClN4. The zero-order valence-electron chi connectivity index (χ0n) is 9.06. The summed E-state index contributed by atoms with van der Waals surface area (Å²) in [5.41, 5.74) is 1.15. The Morgan fingerprint density at radius 3 is 2.50 bits per heavy atom. The molecule has 5 heteroatoms. The normalized spacial score (nSPS) is 29.6. The highest BCUT2D eigenvalue weighted by atomic mass is 35.5. The third kappa shape index (κ3) is 2.05. The van der Waals surface area contributed by atoms with Crippen LogP contribution in [0.25, 0.3) is 0 Å². The van der Waals surface area contributed by atoms with Crippen LogP contribution in [0.1, 0.15) is 5.56 Å². The van der Waals surface area contributed by atoms with Crippen molar-refractivity contribution >= 4 is 11.6 Å². The molecular weight excluding hydrogens is 224 g/mol. The molecule has 2 aliphatic heterocycles. The zero-order chi connectivity index (χ0) is 11.0. The van der Waals surface area contributed by atoms with Gasteiger partial charge in [-0.05, 0) is 36.5 Å². The summed E-state index contributed by atoms with van der Waals surface area (Å²) in [4.78, 5) is 10.5. The molecule has 0 aliphatic carbocycles. The van der Waals surface area contributed by atoms with Crippen LogP contribution in [0.2, 0.25) is 5.28 Å². The minimum absolute atomic E-state index is 0.325. The first-order chi connectivity index (χ1) is 7.81. The van der Waals surface area contributed by atoms with E-state index in [0.29, 0.717) is 5.28 Å². The zero-order valence-corrected chi connectivity index (χ0v) is 9.82. The maximum Gasteiger partial charge on any atom is 0.222 e. The second kappa shape index (κ2) is 4.28. The van der Waals surface area contributed by atoms with Crippen LogP contribution < -0.4 is 5.32 Å². The van der Waals surface area contributed by atoms with Crippen molar-refractivity contribution in [1.29, 1.82) is 0 Å². The van der Waals surface area contributed by atoms with E-state index in [1.54, 1.807) is 0 Å². The van der Waals surface area contributed by atoms with E-state index < -0.39 is 0 Å². The number of hydrogen-bond donors (Lipinski definition) is 1. The smallest absolute Gasteiger partial charge is 0.222 e. The average Bonchev–Trinajstić information content (AvgIpc) is 2.81. The highest BCUT2D eigenvalue weighted by molar-refractivity contribution is 6.28. The maximum atomic E-state index is 5.66. The molecule has 0 aromatic carbocycles. The first-order valence-corrected chi connectivity index (χ1v) is 6.08. The first kappa shape index (κ1) is 10.4. The Morgan fingerprint density at radius 2 is 1.88 bits per heavy atom. The third-order valence-electron chi connectivity index (χ3n) is 3.55. The molecule has 0 amide bonds. The fraction of sp³-hybridized carbons (Fsp3) is 0.636. The highest BCUT2D eigenvalue weighted by Gasteiger charge is 2.35. The summed E-state index contributed by atoms with van der Waals surface area (Å²) in [7, 11) is 0. The van der Waals surface area contributed by atoms with Gasteiger partial charge < -0.3 is 5.32 Å². The monoisotopic (exact) mass is 238 g/mol. The summed E-state index contributed by atoms with van der Waals surface area (Å²) in [6, 6.07) is 0. The Morgan fingerprint density at radius 1 is 1.25 bits per heavy atom. The summed E-state index contributed by atoms with van der Waals surface area (Å²) in [6.07, 6.45) is 3.64. The molecule has 1 aromatic heterocycles. The Bertz CT molecular complexity index is 355. The van der Waals surface area contributed by atoms with Crippen molar-refractivity contribution < 1.29 is 0 Å². The van der Waals surface area contributed by atoms with E-state index in [1.807, 2.05) is 12.4 Å². The van der Waals surface area contributed by atoms with Gasteiger partial charge in [0.05, 0.1) is 0 Å². The van der Waals surface area contributed by atoms with E-state index >= 15 is 0 Å². The standard InChI is InChI=1S/C11H15ClN4/c12-11-14-1-8(2-15-11)5-16-6-9-3-13-4-10(9)7-16/h1-2,9-10,13H,3-7H2/t9-,10+. The number of rotatable bonds is 2. The number of halogens is 1. The average molecular weight is 239 g/mol. The van der Waals surface area contributed by atoms with Crippen molar-refractivity contribution in [1.82, 2.24) is 20.2 Å². The third-order valence-corrected chi connectivity index (χ3v) is 3.74. The summed E-state index contributed by atoms with van der Waals surface area (Å²) < 4.78 is 0. The summed E-state index contributed by atoms with van der Waals surface area (Å²) >= 11 is 5.66. The van der Waals surface area contributed by atoms with Gasteiger partial charge in [0.25, 0.3) is 0 Å². The molecule has 1 N–H and O–H groups in total. The minimum atomic E-state index is 0.325. The number of likely N-dealkylation sites (tertiary alicyclic amines) is 1. The van der Waals surface area contributed by atoms with E-state index in [4.69, 9.17) is 11.6 Å². The van der Waals surface area contributed by atoms with E-state index in [-0.39, 0.29) is 0 Å². The number of nitrogens with zero attached hydrogens (tertiary/aromatic N) is 3. The molecule has 0 bridgehead atoms. The molecule has 0 unspecified atom stereocenters. The van der Waals surface area contributed by atoms with Crippen LogP contribution in [0.4, 0.5) is 0 Å². The van der Waals surface area contributed by atoms with Crippen LogP contribution in [-0.4, -0.2) is 41.0 Å². The van der Waals surface area contributed by atoms with Gasteiger partial charge in [-0.1, -0.05) is 0 Å². The van der Waals surface area contributed by atoms with Crippen LogP contribution in [0.15, 0.2) is 12.4 Å². The number of aromatic nitrogens is 2. The number of hydrogen-bond acceptors (Lipinski definition) is 4. The fourth-order valence-corrected chi connectivity index (χ4v) is 2.86. The lowest BCUT2D eigenvalue weighted by Gasteiger charge is -2.16. The summed E-state index contributed by atoms with van der Waals surface area (Å²) in [5, 5.41) is 3.77. The summed E-state index contributed by atoms with van der Waals surface area (Å²) in [6.45, 7) is 5.70. The lowest BCUT2D eigenvalue weighted by Crippen LogP contribution is -2.25. The molecule has 0 spiro atoms. The van der Waals surface area contributed by atoms with Crippen molar-refractivity contribution in [2.45, 2.75) is 6.54 Å². The second-order valence-corrected chi connectivity index (χ2v) is 5.07. The lowest BCUT2D eigenvalue weighted by atomic mass is 10.0. The van der Waals surface area contributed by atoms with Crippen LogP contribution in [0, 0.1) is 11.8 Å². The van der Waals surface area contributed by atoms with Gasteiger partial charge in [0, 0.05) is 37.6 Å². The quantitative estimate of drug-likeness (QED) is 0.774. The van der Waals surface area contributed by atoms with Crippen LogP contribution in [0.3, 0.4) is 0 Å². The molecule has 1 aromatic rings. The van der Waals surface area contributed by atoms with E-state index in [9.17, 15) is 0 Å². The van der Waals surface area contributed by atoms with Crippen molar-refractivity contribution in [3.63, 3.8) is 0 Å². The molecule has 3 heterocycles. The largest absolute Gasteiger partial charge is 0.316 e. The SMILES string of the molecule is Clc1ncc(CN2C[C@H]3CNC[C@H]3C2)cn1. The van der Waals surface area contributed by atoms with Gasteiger partial charge in [-0.25, -0.2) is 9.97 Å². The van der Waals surface area contributed by atoms with Crippen molar-refractivity contribution in [3.05, 3.63) is 23.2 Å². The Labute approximate surface area is 100 Å².